The molecule has 0 spiro atoms. The van der Waals surface area contributed by atoms with Crippen molar-refractivity contribution in [1.82, 2.24) is 0 Å². The predicted octanol–water partition coefficient (Wildman–Crippen LogP) is 6.95. The minimum atomic E-state index is -1.07. The van der Waals surface area contributed by atoms with E-state index in [0.717, 1.165) is 37.8 Å². The van der Waals surface area contributed by atoms with Crippen molar-refractivity contribution in [3.05, 3.63) is 59.2 Å². The highest BCUT2D eigenvalue weighted by Gasteiger charge is 2.24. The maximum absolute atomic E-state index is 14.7. The Morgan fingerprint density at radius 2 is 1.38 bits per heavy atom. The number of hydrogen-bond acceptors (Lipinski definition) is 1. The topological polar surface area (TPSA) is 13.1 Å². The Morgan fingerprint density at radius 3 is 2.04 bits per heavy atom. The molecule has 1 heterocycles. The zero-order valence-corrected chi connectivity index (χ0v) is 14.3. The van der Waals surface area contributed by atoms with Crippen molar-refractivity contribution >= 4 is 11.0 Å². The van der Waals surface area contributed by atoms with Crippen molar-refractivity contribution in [2.24, 2.45) is 5.92 Å². The number of hydrogen-bond donors (Lipinski definition) is 0. The summed E-state index contributed by atoms with van der Waals surface area (Å²) in [6.45, 7) is 2.19. The molecule has 1 saturated carbocycles. The Labute approximate surface area is 148 Å². The van der Waals surface area contributed by atoms with Crippen LogP contribution in [-0.4, -0.2) is 0 Å². The van der Waals surface area contributed by atoms with Crippen molar-refractivity contribution in [3.63, 3.8) is 0 Å². The van der Waals surface area contributed by atoms with Crippen LogP contribution < -0.4 is 0 Å². The third-order valence-corrected chi connectivity index (χ3v) is 5.36. The summed E-state index contributed by atoms with van der Waals surface area (Å²) in [5.41, 5.74) is 0.391. The molecule has 2 aromatic carbocycles. The van der Waals surface area contributed by atoms with Crippen molar-refractivity contribution in [3.8, 4) is 11.3 Å². The number of fused-ring (bicyclic) bond motifs is 1. The van der Waals surface area contributed by atoms with Crippen LogP contribution in [0, 0.1) is 29.2 Å². The van der Waals surface area contributed by atoms with Crippen molar-refractivity contribution in [2.75, 3.05) is 0 Å². The second-order valence-corrected chi connectivity index (χ2v) is 7.23. The van der Waals surface area contributed by atoms with Crippen LogP contribution in [0.25, 0.3) is 22.3 Å². The van der Waals surface area contributed by atoms with E-state index in [0.29, 0.717) is 11.5 Å². The molecule has 0 radical (unpaired) electrons. The summed E-state index contributed by atoms with van der Waals surface area (Å²) >= 11 is 0. The lowest BCUT2D eigenvalue weighted by atomic mass is 9.79. The van der Waals surface area contributed by atoms with Crippen LogP contribution in [0.5, 0.6) is 0 Å². The Kier molecular flexibility index (Phi) is 4.25. The first kappa shape index (κ1) is 17.1. The molecule has 0 unspecified atom stereocenters. The smallest absolute Gasteiger partial charge is 0.162 e. The molecule has 0 bridgehead atoms. The molecule has 1 fully saturated rings. The minimum absolute atomic E-state index is 0.0445. The van der Waals surface area contributed by atoms with Crippen molar-refractivity contribution in [2.45, 2.75) is 38.5 Å². The highest BCUT2D eigenvalue weighted by atomic mass is 19.2. The fourth-order valence-corrected chi connectivity index (χ4v) is 3.81. The van der Waals surface area contributed by atoms with Gasteiger partial charge in [-0.25, -0.2) is 17.6 Å². The maximum atomic E-state index is 14.7. The SMILES string of the molecule is CC1CCC(c2cc(F)c(-c3cc4cc(F)c(F)cc4o3)c(F)c2)CC1. The first-order valence-corrected chi connectivity index (χ1v) is 8.80. The van der Waals surface area contributed by atoms with Gasteiger partial charge >= 0.3 is 0 Å². The van der Waals surface area contributed by atoms with E-state index in [1.54, 1.807) is 0 Å². The Morgan fingerprint density at radius 1 is 0.769 bits per heavy atom. The molecular formula is C21H18F4O. The zero-order chi connectivity index (χ0) is 18.4. The van der Waals surface area contributed by atoms with E-state index in [9.17, 15) is 17.6 Å². The van der Waals surface area contributed by atoms with E-state index in [-0.39, 0.29) is 28.2 Å². The van der Waals surface area contributed by atoms with Gasteiger partial charge in [-0.05, 0) is 54.5 Å². The summed E-state index contributed by atoms with van der Waals surface area (Å²) in [4.78, 5) is 0. The standard InChI is InChI=1S/C21H18F4O/c1-11-2-4-12(5-3-11)13-6-17(24)21(18(25)7-13)20-9-14-8-15(22)16(23)10-19(14)26-20/h6-12H,2-5H2,1H3. The van der Waals surface area contributed by atoms with Crippen LogP contribution in [0.15, 0.2) is 34.7 Å². The molecule has 1 nitrogen and oxygen atoms in total. The molecule has 0 amide bonds. The fourth-order valence-electron chi connectivity index (χ4n) is 3.81. The lowest BCUT2D eigenvalue weighted by Gasteiger charge is -2.26. The van der Waals surface area contributed by atoms with E-state index in [1.807, 2.05) is 0 Å². The molecular weight excluding hydrogens is 344 g/mol. The van der Waals surface area contributed by atoms with E-state index < -0.39 is 23.3 Å². The molecule has 5 heteroatoms. The van der Waals surface area contributed by atoms with Gasteiger partial charge in [0.25, 0.3) is 0 Å². The quantitative estimate of drug-likeness (QED) is 0.450. The molecule has 0 atom stereocenters. The van der Waals surface area contributed by atoms with Crippen molar-refractivity contribution < 1.29 is 22.0 Å². The number of rotatable bonds is 2. The first-order chi connectivity index (χ1) is 12.4. The van der Waals surface area contributed by atoms with Gasteiger partial charge in [0.05, 0.1) is 5.56 Å². The summed E-state index contributed by atoms with van der Waals surface area (Å²) < 4.78 is 61.4. The lowest BCUT2D eigenvalue weighted by molar-refractivity contribution is 0.346. The molecule has 0 aliphatic heterocycles. The molecule has 1 aromatic heterocycles. The average molecular weight is 362 g/mol. The highest BCUT2D eigenvalue weighted by molar-refractivity contribution is 5.83. The predicted molar refractivity (Wildman–Crippen MR) is 91.9 cm³/mol. The molecule has 26 heavy (non-hydrogen) atoms. The first-order valence-electron chi connectivity index (χ1n) is 8.80. The Balaban J connectivity index is 1.73. The van der Waals surface area contributed by atoms with E-state index in [4.69, 9.17) is 4.42 Å². The Bertz CT molecular complexity index is 906. The van der Waals surface area contributed by atoms with Crippen LogP contribution >= 0.6 is 0 Å². The van der Waals surface area contributed by atoms with Gasteiger partial charge in [0.15, 0.2) is 11.6 Å². The van der Waals surface area contributed by atoms with Gasteiger partial charge in [0.1, 0.15) is 23.0 Å². The van der Waals surface area contributed by atoms with E-state index in [1.165, 1.54) is 18.2 Å². The minimum Gasteiger partial charge on any atom is -0.456 e. The Hall–Kier alpha value is -2.30. The molecule has 0 N–H and O–H groups in total. The third kappa shape index (κ3) is 3.00. The summed E-state index contributed by atoms with van der Waals surface area (Å²) in [6.07, 6.45) is 3.94. The van der Waals surface area contributed by atoms with Crippen LogP contribution in [0.3, 0.4) is 0 Å². The molecule has 4 rings (SSSR count). The lowest BCUT2D eigenvalue weighted by Crippen LogP contribution is -2.11. The number of halogens is 4. The van der Waals surface area contributed by atoms with E-state index >= 15 is 0 Å². The fraction of sp³-hybridized carbons (Fsp3) is 0.333. The zero-order valence-electron chi connectivity index (χ0n) is 14.3. The number of benzene rings is 2. The summed E-state index contributed by atoms with van der Waals surface area (Å²) in [6, 6.07) is 5.86. The van der Waals surface area contributed by atoms with Crippen LogP contribution in [0.1, 0.15) is 44.1 Å². The van der Waals surface area contributed by atoms with E-state index in [2.05, 4.69) is 6.92 Å². The normalized spacial score (nSPS) is 20.7. The molecule has 136 valence electrons. The second kappa shape index (κ2) is 6.45. The second-order valence-electron chi connectivity index (χ2n) is 7.23. The van der Waals surface area contributed by atoms with Gasteiger partial charge in [-0.1, -0.05) is 19.8 Å². The van der Waals surface area contributed by atoms with Crippen molar-refractivity contribution in [1.29, 1.82) is 0 Å². The molecule has 3 aromatic rings. The number of furan rings is 1. The maximum Gasteiger partial charge on any atom is 0.162 e. The largest absolute Gasteiger partial charge is 0.456 e. The van der Waals surface area contributed by atoms with Gasteiger partial charge in [0.2, 0.25) is 0 Å². The van der Waals surface area contributed by atoms with Gasteiger partial charge in [0, 0.05) is 11.5 Å². The summed E-state index contributed by atoms with van der Waals surface area (Å²) in [5, 5.41) is 0.253. The average Bonchev–Trinajstić information content (AvgIpc) is 2.97. The van der Waals surface area contributed by atoms with Gasteiger partial charge in [-0.15, -0.1) is 0 Å². The van der Waals surface area contributed by atoms with Crippen LogP contribution in [-0.2, 0) is 0 Å². The van der Waals surface area contributed by atoms with Crippen LogP contribution in [0.4, 0.5) is 17.6 Å². The summed E-state index contributed by atoms with van der Waals surface area (Å²) in [7, 11) is 0. The highest BCUT2D eigenvalue weighted by Crippen LogP contribution is 2.39. The third-order valence-electron chi connectivity index (χ3n) is 5.36. The van der Waals surface area contributed by atoms with Crippen LogP contribution in [0.2, 0.25) is 0 Å². The molecule has 0 saturated heterocycles. The van der Waals surface area contributed by atoms with Gasteiger partial charge in [-0.3, -0.25) is 0 Å². The molecule has 1 aliphatic rings. The monoisotopic (exact) mass is 362 g/mol. The molecule has 1 aliphatic carbocycles. The van der Waals surface area contributed by atoms with Gasteiger partial charge in [-0.2, -0.15) is 0 Å². The summed E-state index contributed by atoms with van der Waals surface area (Å²) in [5.74, 6) is -2.82. The van der Waals surface area contributed by atoms with Gasteiger partial charge < -0.3 is 4.42 Å².